The van der Waals surface area contributed by atoms with Crippen molar-refractivity contribution in [1.29, 1.82) is 0 Å². The van der Waals surface area contributed by atoms with Crippen LogP contribution in [0.5, 0.6) is 17.2 Å². The Labute approximate surface area is 171 Å². The van der Waals surface area contributed by atoms with Crippen LogP contribution in [0.3, 0.4) is 0 Å². The number of anilines is 1. The molecule has 30 heavy (non-hydrogen) atoms. The smallest absolute Gasteiger partial charge is 0.419 e. The first-order valence-corrected chi connectivity index (χ1v) is 9.97. The van der Waals surface area contributed by atoms with Gasteiger partial charge in [0.05, 0.1) is 11.7 Å². The lowest BCUT2D eigenvalue weighted by atomic mass is 9.57. The minimum Gasteiger partial charge on any atom is -0.506 e. The van der Waals surface area contributed by atoms with Gasteiger partial charge in [0, 0.05) is 12.1 Å². The van der Waals surface area contributed by atoms with Crippen molar-refractivity contribution in [2.24, 2.45) is 0 Å². The number of phenolic OH excluding ortho intramolecular Hbond substituents is 3. The third-order valence-corrected chi connectivity index (χ3v) is 6.62. The highest BCUT2D eigenvalue weighted by molar-refractivity contribution is 5.65. The van der Waals surface area contributed by atoms with Gasteiger partial charge in [0.15, 0.2) is 17.1 Å². The number of phenols is 3. The van der Waals surface area contributed by atoms with Gasteiger partial charge in [-0.15, -0.1) is 0 Å². The molecule has 1 fully saturated rings. The Balaban J connectivity index is 1.88. The molecule has 1 saturated carbocycles. The van der Waals surface area contributed by atoms with Gasteiger partial charge in [0.25, 0.3) is 0 Å². The second-order valence-corrected chi connectivity index (χ2v) is 8.46. The molecule has 2 atom stereocenters. The van der Waals surface area contributed by atoms with Crippen LogP contribution in [0.25, 0.3) is 0 Å². The molecule has 2 aromatic carbocycles. The van der Waals surface area contributed by atoms with Gasteiger partial charge in [-0.2, -0.15) is 13.2 Å². The summed E-state index contributed by atoms with van der Waals surface area (Å²) >= 11 is 0. The maximum atomic E-state index is 14.3. The minimum atomic E-state index is -4.93. The Morgan fingerprint density at radius 3 is 2.20 bits per heavy atom. The number of hydrogen-bond donors (Lipinski definition) is 5. The number of halogens is 3. The van der Waals surface area contributed by atoms with Crippen molar-refractivity contribution in [3.05, 3.63) is 47.5 Å². The van der Waals surface area contributed by atoms with Crippen LogP contribution in [-0.4, -0.2) is 32.2 Å². The number of aromatic hydroxyl groups is 3. The summed E-state index contributed by atoms with van der Waals surface area (Å²) < 4.78 is 42.9. The maximum absolute atomic E-state index is 14.3. The predicted molar refractivity (Wildman–Crippen MR) is 105 cm³/mol. The van der Waals surface area contributed by atoms with Crippen molar-refractivity contribution >= 4 is 5.69 Å². The molecule has 1 spiro atoms. The number of fused-ring (bicyclic) bond motifs is 2. The zero-order valence-electron chi connectivity index (χ0n) is 16.2. The van der Waals surface area contributed by atoms with Gasteiger partial charge in [-0.3, -0.25) is 0 Å². The van der Waals surface area contributed by atoms with Crippen molar-refractivity contribution in [3.63, 3.8) is 0 Å². The Hall–Kier alpha value is -2.61. The van der Waals surface area contributed by atoms with Gasteiger partial charge < -0.3 is 25.7 Å². The van der Waals surface area contributed by atoms with Crippen LogP contribution in [0.15, 0.2) is 36.4 Å². The summed E-state index contributed by atoms with van der Waals surface area (Å²) in [6.45, 7) is 0. The molecule has 0 aromatic heterocycles. The van der Waals surface area contributed by atoms with Crippen LogP contribution in [0, 0.1) is 0 Å². The van der Waals surface area contributed by atoms with E-state index in [1.807, 2.05) is 6.07 Å². The van der Waals surface area contributed by atoms with E-state index in [2.05, 4.69) is 5.32 Å². The minimum absolute atomic E-state index is 0.215. The Morgan fingerprint density at radius 1 is 0.900 bits per heavy atom. The molecule has 5 nitrogen and oxygen atoms in total. The molecule has 2 aliphatic rings. The molecule has 0 radical (unpaired) electrons. The predicted octanol–water partition coefficient (Wildman–Crippen LogP) is 4.86. The van der Waals surface area contributed by atoms with Crippen molar-refractivity contribution in [2.75, 3.05) is 5.32 Å². The highest BCUT2D eigenvalue weighted by atomic mass is 19.4. The van der Waals surface area contributed by atoms with Gasteiger partial charge in [-0.25, -0.2) is 0 Å². The number of rotatable bonds is 2. The summed E-state index contributed by atoms with van der Waals surface area (Å²) in [4.78, 5) is 0. The standard InChI is InChI=1S/C22H24F3NO4/c23-22(24,25)21(30)12-20(8-4-1-5-9-20)14-7-3-2-6-13(14)19(21)26-15-10-17(28)18(29)11-16(15)27/h2-3,6-7,10-11,19,26-30H,1,4-5,8-9,12H2. The van der Waals surface area contributed by atoms with Crippen LogP contribution in [0.1, 0.15) is 55.7 Å². The number of alkyl halides is 3. The first-order chi connectivity index (χ1) is 14.1. The zero-order chi connectivity index (χ0) is 21.7. The quantitative estimate of drug-likeness (QED) is 0.352. The van der Waals surface area contributed by atoms with Crippen LogP contribution in [0.2, 0.25) is 0 Å². The molecular weight excluding hydrogens is 399 g/mol. The van der Waals surface area contributed by atoms with Crippen molar-refractivity contribution in [3.8, 4) is 17.2 Å². The summed E-state index contributed by atoms with van der Waals surface area (Å²) in [5.41, 5.74) is -2.97. The molecule has 2 aliphatic carbocycles. The van der Waals surface area contributed by atoms with E-state index in [4.69, 9.17) is 0 Å². The molecule has 0 aliphatic heterocycles. The van der Waals surface area contributed by atoms with E-state index >= 15 is 0 Å². The van der Waals surface area contributed by atoms with Gasteiger partial charge in [-0.05, 0) is 35.8 Å². The van der Waals surface area contributed by atoms with Gasteiger partial charge in [0.1, 0.15) is 5.75 Å². The molecule has 0 heterocycles. The highest BCUT2D eigenvalue weighted by Crippen LogP contribution is 2.58. The molecule has 4 rings (SSSR count). The van der Waals surface area contributed by atoms with Gasteiger partial charge >= 0.3 is 6.18 Å². The number of nitrogens with one attached hydrogen (secondary N) is 1. The average molecular weight is 423 g/mol. The van der Waals surface area contributed by atoms with E-state index in [1.54, 1.807) is 18.2 Å². The van der Waals surface area contributed by atoms with Crippen LogP contribution >= 0.6 is 0 Å². The summed E-state index contributed by atoms with van der Waals surface area (Å²) in [5.74, 6) is -1.74. The van der Waals surface area contributed by atoms with Crippen LogP contribution in [-0.2, 0) is 5.41 Å². The molecular formula is C22H24F3NO4. The normalized spacial score (nSPS) is 25.7. The summed E-state index contributed by atoms with van der Waals surface area (Å²) in [7, 11) is 0. The summed E-state index contributed by atoms with van der Waals surface area (Å²) in [6, 6.07) is 6.97. The second kappa shape index (κ2) is 6.97. The molecule has 0 bridgehead atoms. The number of benzene rings is 2. The third kappa shape index (κ3) is 3.14. The zero-order valence-corrected chi connectivity index (χ0v) is 16.2. The van der Waals surface area contributed by atoms with Crippen LogP contribution in [0.4, 0.5) is 18.9 Å². The van der Waals surface area contributed by atoms with Crippen molar-refractivity contribution in [1.82, 2.24) is 0 Å². The molecule has 0 saturated heterocycles. The molecule has 2 aromatic rings. The molecule has 0 amide bonds. The van der Waals surface area contributed by atoms with Crippen molar-refractivity contribution in [2.45, 2.75) is 61.8 Å². The number of aliphatic hydroxyl groups is 1. The lowest BCUT2D eigenvalue weighted by Crippen LogP contribution is -2.59. The van der Waals surface area contributed by atoms with Crippen LogP contribution < -0.4 is 5.32 Å². The lowest BCUT2D eigenvalue weighted by Gasteiger charge is -2.52. The summed E-state index contributed by atoms with van der Waals surface area (Å²) in [6.07, 6.45) is -1.72. The summed E-state index contributed by atoms with van der Waals surface area (Å²) in [5, 5.41) is 43.1. The molecule has 162 valence electrons. The molecule has 8 heteroatoms. The third-order valence-electron chi connectivity index (χ3n) is 6.62. The first kappa shape index (κ1) is 20.7. The first-order valence-electron chi connectivity index (χ1n) is 9.97. The fraction of sp³-hybridized carbons (Fsp3) is 0.455. The van der Waals surface area contributed by atoms with E-state index in [0.29, 0.717) is 18.4 Å². The molecule has 5 N–H and O–H groups in total. The maximum Gasteiger partial charge on any atom is 0.419 e. The Bertz CT molecular complexity index is 956. The second-order valence-electron chi connectivity index (χ2n) is 8.46. The van der Waals surface area contributed by atoms with E-state index in [9.17, 15) is 33.6 Å². The lowest BCUT2D eigenvalue weighted by molar-refractivity contribution is -0.277. The Kier molecular flexibility index (Phi) is 4.80. The average Bonchev–Trinajstić information content (AvgIpc) is 2.69. The van der Waals surface area contributed by atoms with Gasteiger partial charge in [0.2, 0.25) is 0 Å². The monoisotopic (exact) mass is 423 g/mol. The largest absolute Gasteiger partial charge is 0.506 e. The van der Waals surface area contributed by atoms with Crippen molar-refractivity contribution < 1.29 is 33.6 Å². The fourth-order valence-electron chi connectivity index (χ4n) is 5.17. The van der Waals surface area contributed by atoms with E-state index in [0.717, 1.165) is 37.0 Å². The van der Waals surface area contributed by atoms with E-state index in [1.165, 1.54) is 0 Å². The van der Waals surface area contributed by atoms with Gasteiger partial charge in [-0.1, -0.05) is 43.5 Å². The molecule has 2 unspecified atom stereocenters. The Morgan fingerprint density at radius 2 is 1.53 bits per heavy atom. The fourth-order valence-corrected chi connectivity index (χ4v) is 5.17. The van der Waals surface area contributed by atoms with E-state index in [-0.39, 0.29) is 5.69 Å². The van der Waals surface area contributed by atoms with E-state index < -0.39 is 46.9 Å². The number of hydrogen-bond acceptors (Lipinski definition) is 5. The highest BCUT2D eigenvalue weighted by Gasteiger charge is 2.65. The SMILES string of the molecule is Oc1cc(O)c(NC2c3ccccc3C3(CCCCC3)CC2(O)C(F)(F)F)cc1O. The topological polar surface area (TPSA) is 93.0 Å².